The van der Waals surface area contributed by atoms with Crippen molar-refractivity contribution in [2.45, 2.75) is 40.7 Å². The Kier molecular flexibility index (Phi) is 9.92. The molecule has 0 N–H and O–H groups in total. The third-order valence-electron chi connectivity index (χ3n) is 2.03. The normalized spacial score (nSPS) is 8.47. The monoisotopic (exact) mass is 232 g/mol. The maximum Gasteiger partial charge on any atom is 0.0489 e. The highest BCUT2D eigenvalue weighted by atomic mass is 15.3. The molecule has 1 heterocycles. The molecule has 0 spiro atoms. The summed E-state index contributed by atoms with van der Waals surface area (Å²) in [5.41, 5.74) is 1.36. The van der Waals surface area contributed by atoms with E-state index in [0.29, 0.717) is 0 Å². The topological polar surface area (TPSA) is 17.8 Å². The molecule has 0 unspecified atom stereocenters. The lowest BCUT2D eigenvalue weighted by molar-refractivity contribution is 0.615. The molecular formula is C15H24N2. The predicted octanol–water partition coefficient (Wildman–Crippen LogP) is 4.18. The molecule has 0 radical (unpaired) electrons. The van der Waals surface area contributed by atoms with Gasteiger partial charge in [-0.1, -0.05) is 58.0 Å². The second-order valence-electron chi connectivity index (χ2n) is 3.00. The minimum Gasteiger partial charge on any atom is -0.272 e. The number of aromatic nitrogens is 2. The first-order valence-corrected chi connectivity index (χ1v) is 6.46. The van der Waals surface area contributed by atoms with Gasteiger partial charge in [0.15, 0.2) is 0 Å². The molecule has 0 fully saturated rings. The maximum absolute atomic E-state index is 4.15. The summed E-state index contributed by atoms with van der Waals surface area (Å²) >= 11 is 0. The van der Waals surface area contributed by atoms with E-state index >= 15 is 0 Å². The zero-order valence-electron chi connectivity index (χ0n) is 11.4. The van der Waals surface area contributed by atoms with Crippen LogP contribution in [0.2, 0.25) is 0 Å². The molecule has 94 valence electrons. The number of benzene rings is 1. The largest absolute Gasteiger partial charge is 0.272 e. The molecule has 1 aromatic heterocycles. The lowest BCUT2D eigenvalue weighted by atomic mass is 10.2. The molecule has 0 aliphatic carbocycles. The van der Waals surface area contributed by atoms with Gasteiger partial charge in [-0.2, -0.15) is 5.10 Å². The van der Waals surface area contributed by atoms with Crippen molar-refractivity contribution in [2.24, 2.45) is 0 Å². The smallest absolute Gasteiger partial charge is 0.0489 e. The first kappa shape index (κ1) is 15.4. The zero-order valence-corrected chi connectivity index (χ0v) is 11.4. The van der Waals surface area contributed by atoms with E-state index in [1.54, 1.807) is 0 Å². The molecule has 0 bridgehead atoms. The van der Waals surface area contributed by atoms with Crippen molar-refractivity contribution in [3.63, 3.8) is 0 Å². The summed E-state index contributed by atoms with van der Waals surface area (Å²) in [6.45, 7) is 8.96. The quantitative estimate of drug-likeness (QED) is 0.776. The van der Waals surface area contributed by atoms with Gasteiger partial charge in [0.2, 0.25) is 0 Å². The van der Waals surface area contributed by atoms with Crippen LogP contribution in [-0.2, 0) is 13.0 Å². The highest BCUT2D eigenvalue weighted by Gasteiger charge is 1.92. The molecule has 2 nitrogen and oxygen atoms in total. The molecule has 0 atom stereocenters. The van der Waals surface area contributed by atoms with Crippen LogP contribution in [0.4, 0.5) is 0 Å². The van der Waals surface area contributed by atoms with Crippen LogP contribution < -0.4 is 0 Å². The van der Waals surface area contributed by atoms with Crippen LogP contribution in [-0.4, -0.2) is 9.78 Å². The Bertz CT molecular complexity index is 338. The highest BCUT2D eigenvalue weighted by Crippen LogP contribution is 2.00. The van der Waals surface area contributed by atoms with E-state index in [0.717, 1.165) is 13.0 Å². The highest BCUT2D eigenvalue weighted by molar-refractivity contribution is 5.14. The van der Waals surface area contributed by atoms with Gasteiger partial charge in [-0.3, -0.25) is 4.68 Å². The number of aryl methyl sites for hydroxylation is 2. The van der Waals surface area contributed by atoms with Crippen molar-refractivity contribution in [1.82, 2.24) is 9.78 Å². The van der Waals surface area contributed by atoms with Gasteiger partial charge in [-0.25, -0.2) is 0 Å². The minimum absolute atomic E-state index is 0.955. The predicted molar refractivity (Wildman–Crippen MR) is 75.1 cm³/mol. The fourth-order valence-electron chi connectivity index (χ4n) is 1.32. The molecule has 0 saturated carbocycles. The Balaban J connectivity index is 0.000000581. The van der Waals surface area contributed by atoms with Gasteiger partial charge < -0.3 is 0 Å². The lowest BCUT2D eigenvalue weighted by Crippen LogP contribution is -2.00. The van der Waals surface area contributed by atoms with Gasteiger partial charge >= 0.3 is 0 Å². The number of rotatable bonds is 3. The molecule has 17 heavy (non-hydrogen) atoms. The standard InChI is InChI=1S/C11H12N2.2C2H6/c1-2-5-11(6-3-1)7-10-13-9-4-8-12-13;2*1-2/h1-6,8-9H,7,10H2;2*1-2H3. The fourth-order valence-corrected chi connectivity index (χ4v) is 1.32. The summed E-state index contributed by atoms with van der Waals surface area (Å²) in [6, 6.07) is 12.4. The molecule has 2 rings (SSSR count). The Labute approximate surface area is 105 Å². The summed E-state index contributed by atoms with van der Waals surface area (Å²) in [6.07, 6.45) is 4.84. The van der Waals surface area contributed by atoms with Crippen molar-refractivity contribution in [2.75, 3.05) is 0 Å². The molecule has 2 aromatic rings. The van der Waals surface area contributed by atoms with E-state index in [4.69, 9.17) is 0 Å². The van der Waals surface area contributed by atoms with Gasteiger partial charge in [0.25, 0.3) is 0 Å². The number of hydrogen-bond donors (Lipinski definition) is 0. The van der Waals surface area contributed by atoms with Crippen molar-refractivity contribution < 1.29 is 0 Å². The SMILES string of the molecule is CC.CC.c1ccc(CCn2cccn2)cc1. The van der Waals surface area contributed by atoms with Crippen molar-refractivity contribution >= 4 is 0 Å². The second kappa shape index (κ2) is 10.9. The Morgan fingerprint density at radius 3 is 2.12 bits per heavy atom. The molecule has 2 heteroatoms. The first-order valence-electron chi connectivity index (χ1n) is 6.46. The molecule has 0 amide bonds. The number of nitrogens with zero attached hydrogens (tertiary/aromatic N) is 2. The van der Waals surface area contributed by atoms with Crippen LogP contribution >= 0.6 is 0 Å². The minimum atomic E-state index is 0.955. The van der Waals surface area contributed by atoms with Crippen LogP contribution in [0.1, 0.15) is 33.3 Å². The Morgan fingerprint density at radius 2 is 1.59 bits per heavy atom. The molecule has 0 aliphatic rings. The second-order valence-corrected chi connectivity index (χ2v) is 3.00. The molecule has 0 saturated heterocycles. The lowest BCUT2D eigenvalue weighted by Gasteiger charge is -2.00. The van der Waals surface area contributed by atoms with E-state index in [1.165, 1.54) is 5.56 Å². The maximum atomic E-state index is 4.15. The van der Waals surface area contributed by atoms with Gasteiger partial charge in [-0.05, 0) is 18.1 Å². The average Bonchev–Trinajstić information content (AvgIpc) is 2.95. The third-order valence-corrected chi connectivity index (χ3v) is 2.03. The van der Waals surface area contributed by atoms with Gasteiger partial charge in [0.05, 0.1) is 0 Å². The average molecular weight is 232 g/mol. The summed E-state index contributed by atoms with van der Waals surface area (Å²) in [5.74, 6) is 0. The fraction of sp³-hybridized carbons (Fsp3) is 0.400. The zero-order chi connectivity index (χ0) is 12.9. The van der Waals surface area contributed by atoms with Crippen LogP contribution in [0, 0.1) is 0 Å². The third kappa shape index (κ3) is 6.56. The van der Waals surface area contributed by atoms with E-state index in [9.17, 15) is 0 Å². The Hall–Kier alpha value is -1.57. The number of hydrogen-bond acceptors (Lipinski definition) is 1. The summed E-state index contributed by atoms with van der Waals surface area (Å²) in [4.78, 5) is 0. The van der Waals surface area contributed by atoms with Crippen molar-refractivity contribution in [3.05, 3.63) is 54.4 Å². The van der Waals surface area contributed by atoms with Crippen molar-refractivity contribution in [1.29, 1.82) is 0 Å². The van der Waals surface area contributed by atoms with Crippen LogP contribution in [0.3, 0.4) is 0 Å². The van der Waals surface area contributed by atoms with Crippen LogP contribution in [0.25, 0.3) is 0 Å². The van der Waals surface area contributed by atoms with E-state index < -0.39 is 0 Å². The molecular weight excluding hydrogens is 208 g/mol. The summed E-state index contributed by atoms with van der Waals surface area (Å²) < 4.78 is 1.95. The van der Waals surface area contributed by atoms with E-state index in [1.807, 2.05) is 56.9 Å². The van der Waals surface area contributed by atoms with E-state index in [2.05, 4.69) is 29.4 Å². The Morgan fingerprint density at radius 1 is 0.941 bits per heavy atom. The van der Waals surface area contributed by atoms with Crippen molar-refractivity contribution in [3.8, 4) is 0 Å². The van der Waals surface area contributed by atoms with Crippen LogP contribution in [0.15, 0.2) is 48.8 Å². The van der Waals surface area contributed by atoms with Gasteiger partial charge in [-0.15, -0.1) is 0 Å². The summed E-state index contributed by atoms with van der Waals surface area (Å²) in [5, 5.41) is 4.15. The first-order chi connectivity index (χ1) is 8.45. The van der Waals surface area contributed by atoms with E-state index in [-0.39, 0.29) is 0 Å². The summed E-state index contributed by atoms with van der Waals surface area (Å²) in [7, 11) is 0. The van der Waals surface area contributed by atoms with Gasteiger partial charge in [0.1, 0.15) is 0 Å². The van der Waals surface area contributed by atoms with Gasteiger partial charge in [0, 0.05) is 18.9 Å². The van der Waals surface area contributed by atoms with Crippen LogP contribution in [0.5, 0.6) is 0 Å². The molecule has 0 aliphatic heterocycles. The molecule has 1 aromatic carbocycles.